The van der Waals surface area contributed by atoms with Crippen LogP contribution in [0.1, 0.15) is 26.4 Å². The summed E-state index contributed by atoms with van der Waals surface area (Å²) in [5, 5.41) is 3.25. The molecule has 0 radical (unpaired) electrons. The van der Waals surface area contributed by atoms with Crippen LogP contribution in [0.4, 0.5) is 5.69 Å². The van der Waals surface area contributed by atoms with Gasteiger partial charge in [-0.1, -0.05) is 6.07 Å². The van der Waals surface area contributed by atoms with Gasteiger partial charge >= 0.3 is 0 Å². The minimum atomic E-state index is -0.247. The highest BCUT2D eigenvalue weighted by Gasteiger charge is 2.32. The number of nitrogens with one attached hydrogen (secondary N) is 1. The number of amides is 2. The molecule has 1 aliphatic rings. The molecular weight excluding hydrogens is 266 g/mol. The number of hydrogen-bond acceptors (Lipinski definition) is 4. The first-order valence-corrected chi connectivity index (χ1v) is 6.77. The monoisotopic (exact) mass is 281 g/mol. The van der Waals surface area contributed by atoms with Gasteiger partial charge in [0.15, 0.2) is 0 Å². The minimum absolute atomic E-state index is 0.241. The van der Waals surface area contributed by atoms with E-state index < -0.39 is 0 Å². The Morgan fingerprint density at radius 3 is 2.67 bits per heavy atom. The minimum Gasteiger partial charge on any atom is -0.385 e. The fourth-order valence-corrected chi connectivity index (χ4v) is 2.35. The van der Waals surface area contributed by atoms with Gasteiger partial charge in [-0.25, -0.2) is 0 Å². The van der Waals surface area contributed by atoms with E-state index in [-0.39, 0.29) is 11.8 Å². The zero-order valence-electron chi connectivity index (χ0n) is 11.7. The summed E-state index contributed by atoms with van der Waals surface area (Å²) in [6.07, 6.45) is 2.57. The van der Waals surface area contributed by atoms with Crippen molar-refractivity contribution in [1.29, 1.82) is 0 Å². The summed E-state index contributed by atoms with van der Waals surface area (Å²) in [6.45, 7) is 0.716. The Labute approximate surface area is 122 Å². The highest BCUT2D eigenvalue weighted by molar-refractivity contribution is 6.21. The number of hydrogen-bond donors (Lipinski definition) is 1. The normalized spacial score (nSPS) is 13.5. The third kappa shape index (κ3) is 2.50. The first-order chi connectivity index (χ1) is 10.2. The summed E-state index contributed by atoms with van der Waals surface area (Å²) >= 11 is 0. The molecule has 0 saturated carbocycles. The third-order valence-electron chi connectivity index (χ3n) is 3.53. The van der Waals surface area contributed by atoms with Crippen LogP contribution < -0.4 is 5.32 Å². The maximum Gasteiger partial charge on any atom is 0.261 e. The Hall–Kier alpha value is -2.69. The van der Waals surface area contributed by atoms with E-state index >= 15 is 0 Å². The Balaban J connectivity index is 1.68. The topological polar surface area (TPSA) is 62.3 Å². The Bertz CT molecular complexity index is 698. The second kappa shape index (κ2) is 5.36. The quantitative estimate of drug-likeness (QED) is 0.870. The molecule has 1 aromatic carbocycles. The molecule has 1 aromatic heterocycles. The Morgan fingerprint density at radius 2 is 1.90 bits per heavy atom. The predicted octanol–water partition coefficient (Wildman–Crippen LogP) is 1.96. The Morgan fingerprint density at radius 1 is 1.10 bits per heavy atom. The van der Waals surface area contributed by atoms with Crippen molar-refractivity contribution >= 4 is 17.5 Å². The number of benzene rings is 1. The molecule has 5 nitrogen and oxygen atoms in total. The van der Waals surface area contributed by atoms with Gasteiger partial charge in [0, 0.05) is 37.6 Å². The molecule has 2 amide bonds. The molecule has 1 aliphatic heterocycles. The van der Waals surface area contributed by atoms with Crippen molar-refractivity contribution in [2.24, 2.45) is 0 Å². The molecule has 0 unspecified atom stereocenters. The van der Waals surface area contributed by atoms with Gasteiger partial charge in [0.2, 0.25) is 0 Å². The lowest BCUT2D eigenvalue weighted by Gasteiger charge is -2.07. The molecule has 2 heterocycles. The fraction of sp³-hybridized carbons (Fsp3) is 0.188. The first-order valence-electron chi connectivity index (χ1n) is 6.77. The van der Waals surface area contributed by atoms with E-state index in [1.807, 2.05) is 24.3 Å². The highest BCUT2D eigenvalue weighted by atomic mass is 16.2. The number of pyridine rings is 1. The maximum absolute atomic E-state index is 11.9. The van der Waals surface area contributed by atoms with Gasteiger partial charge in [-0.3, -0.25) is 19.5 Å². The van der Waals surface area contributed by atoms with Gasteiger partial charge in [-0.15, -0.1) is 0 Å². The number of imide groups is 1. The van der Waals surface area contributed by atoms with Gasteiger partial charge in [0.1, 0.15) is 0 Å². The summed E-state index contributed by atoms with van der Waals surface area (Å²) < 4.78 is 0. The predicted molar refractivity (Wildman–Crippen MR) is 79.3 cm³/mol. The second-order valence-electron chi connectivity index (χ2n) is 4.93. The molecule has 0 spiro atoms. The van der Waals surface area contributed by atoms with Gasteiger partial charge < -0.3 is 5.32 Å². The second-order valence-corrected chi connectivity index (χ2v) is 4.93. The third-order valence-corrected chi connectivity index (χ3v) is 3.53. The number of rotatable bonds is 4. The van der Waals surface area contributed by atoms with Crippen LogP contribution in [0.3, 0.4) is 0 Å². The average molecular weight is 281 g/mol. The van der Waals surface area contributed by atoms with Crippen LogP contribution in [0.5, 0.6) is 0 Å². The van der Waals surface area contributed by atoms with E-state index in [9.17, 15) is 9.59 Å². The summed E-state index contributed by atoms with van der Waals surface area (Å²) in [5.74, 6) is -0.488. The summed E-state index contributed by atoms with van der Waals surface area (Å²) in [5.41, 5.74) is 2.78. The summed E-state index contributed by atoms with van der Waals surface area (Å²) in [6, 6.07) is 11.1. The highest BCUT2D eigenvalue weighted by Crippen LogP contribution is 2.24. The van der Waals surface area contributed by atoms with Gasteiger partial charge in [-0.05, 0) is 30.3 Å². The molecule has 106 valence electrons. The average Bonchev–Trinajstić information content (AvgIpc) is 2.73. The summed E-state index contributed by atoms with van der Waals surface area (Å²) in [7, 11) is 1.50. The zero-order valence-corrected chi connectivity index (χ0v) is 11.7. The van der Waals surface area contributed by atoms with E-state index in [4.69, 9.17) is 0 Å². The van der Waals surface area contributed by atoms with Crippen LogP contribution >= 0.6 is 0 Å². The van der Waals surface area contributed by atoms with E-state index in [1.165, 1.54) is 7.05 Å². The largest absolute Gasteiger partial charge is 0.385 e. The number of carbonyl (C=O) groups excluding carboxylic acids is 2. The molecule has 0 saturated heterocycles. The number of anilines is 1. The van der Waals surface area contributed by atoms with Crippen LogP contribution in [-0.4, -0.2) is 35.3 Å². The van der Waals surface area contributed by atoms with Crippen molar-refractivity contribution in [3.05, 3.63) is 59.4 Å². The number of aromatic nitrogens is 1. The van der Waals surface area contributed by atoms with Crippen LogP contribution in [0.25, 0.3) is 0 Å². The number of nitrogens with zero attached hydrogens (tertiary/aromatic N) is 2. The van der Waals surface area contributed by atoms with Gasteiger partial charge in [-0.2, -0.15) is 0 Å². The lowest BCUT2D eigenvalue weighted by Crippen LogP contribution is -2.24. The Kier molecular flexibility index (Phi) is 3.39. The van der Waals surface area contributed by atoms with Crippen LogP contribution in [0.15, 0.2) is 42.6 Å². The van der Waals surface area contributed by atoms with E-state index in [0.29, 0.717) is 17.7 Å². The molecule has 0 fully saturated rings. The van der Waals surface area contributed by atoms with Crippen molar-refractivity contribution in [2.45, 2.75) is 6.42 Å². The maximum atomic E-state index is 11.9. The first kappa shape index (κ1) is 13.3. The van der Waals surface area contributed by atoms with Crippen LogP contribution in [0, 0.1) is 0 Å². The van der Waals surface area contributed by atoms with Crippen molar-refractivity contribution < 1.29 is 9.59 Å². The molecule has 1 N–H and O–H groups in total. The molecule has 3 rings (SSSR count). The molecule has 21 heavy (non-hydrogen) atoms. The molecule has 0 aliphatic carbocycles. The molecule has 5 heteroatoms. The zero-order chi connectivity index (χ0) is 14.8. The van der Waals surface area contributed by atoms with Crippen molar-refractivity contribution in [1.82, 2.24) is 9.88 Å². The molecule has 2 aromatic rings. The van der Waals surface area contributed by atoms with Crippen LogP contribution in [0.2, 0.25) is 0 Å². The lowest BCUT2D eigenvalue weighted by molar-refractivity contribution is 0.0693. The molecular formula is C16H15N3O2. The smallest absolute Gasteiger partial charge is 0.261 e. The van der Waals surface area contributed by atoms with Crippen LogP contribution in [-0.2, 0) is 6.42 Å². The fourth-order valence-electron chi connectivity index (χ4n) is 2.35. The number of fused-ring (bicyclic) bond motifs is 1. The van der Waals surface area contributed by atoms with E-state index in [1.54, 1.807) is 18.3 Å². The number of carbonyl (C=O) groups is 2. The van der Waals surface area contributed by atoms with Gasteiger partial charge in [0.05, 0.1) is 11.1 Å². The van der Waals surface area contributed by atoms with Crippen molar-refractivity contribution in [3.8, 4) is 0 Å². The van der Waals surface area contributed by atoms with E-state index in [2.05, 4.69) is 10.3 Å². The standard InChI is InChI=1S/C16H15N3O2/c1-19-15(20)13-6-5-12(10-14(13)16(19)21)18-9-7-11-4-2-3-8-17-11/h2-6,8,10,18H,7,9H2,1H3. The lowest BCUT2D eigenvalue weighted by atomic mass is 10.1. The SMILES string of the molecule is CN1C(=O)c2ccc(NCCc3ccccn3)cc2C1=O. The molecule has 0 bridgehead atoms. The van der Waals surface area contributed by atoms with Crippen molar-refractivity contribution in [3.63, 3.8) is 0 Å². The molecule has 0 atom stereocenters. The van der Waals surface area contributed by atoms with Gasteiger partial charge in [0.25, 0.3) is 11.8 Å². The van der Waals surface area contributed by atoms with Crippen molar-refractivity contribution in [2.75, 3.05) is 18.9 Å². The van der Waals surface area contributed by atoms with E-state index in [0.717, 1.165) is 22.7 Å². The summed E-state index contributed by atoms with van der Waals surface area (Å²) in [4.78, 5) is 29.1.